The molecule has 0 fully saturated rings. The number of alkyl halides is 2. The van der Waals surface area contributed by atoms with Gasteiger partial charge in [-0.2, -0.15) is 8.78 Å². The van der Waals surface area contributed by atoms with Crippen LogP contribution < -0.4 is 4.74 Å². The largest absolute Gasteiger partial charge is 0.435 e. The quantitative estimate of drug-likeness (QED) is 0.836. The summed E-state index contributed by atoms with van der Waals surface area (Å²) in [7, 11) is 0. The second-order valence-electron chi connectivity index (χ2n) is 3.82. The van der Waals surface area contributed by atoms with Crippen molar-refractivity contribution in [3.05, 3.63) is 42.0 Å². The average molecular weight is 249 g/mol. The molecule has 0 bridgehead atoms. The fourth-order valence-corrected chi connectivity index (χ4v) is 1.81. The Morgan fingerprint density at radius 1 is 1.00 bits per heavy atom. The molecule has 0 spiro atoms. The molecule has 0 saturated carbocycles. The number of ether oxygens (including phenoxy) is 1. The van der Waals surface area contributed by atoms with Gasteiger partial charge < -0.3 is 4.74 Å². The summed E-state index contributed by atoms with van der Waals surface area (Å²) < 4.78 is 28.4. The van der Waals surface area contributed by atoms with E-state index in [2.05, 4.69) is 14.7 Å². The summed E-state index contributed by atoms with van der Waals surface area (Å²) in [6.07, 6.45) is 1.50. The fraction of sp³-hybridized carbons (Fsp3) is 0.231. The molecule has 0 amide bonds. The van der Waals surface area contributed by atoms with E-state index in [0.29, 0.717) is 0 Å². The van der Waals surface area contributed by atoms with Crippen molar-refractivity contribution in [1.82, 2.24) is 9.97 Å². The van der Waals surface area contributed by atoms with Crippen LogP contribution >= 0.6 is 0 Å². The zero-order chi connectivity index (χ0) is 13.1. The minimum absolute atomic E-state index is 0.140. The first-order valence-electron chi connectivity index (χ1n) is 5.41. The summed E-state index contributed by atoms with van der Waals surface area (Å²) in [5.41, 5.74) is 3.50. The van der Waals surface area contributed by atoms with E-state index >= 15 is 0 Å². The minimum Gasteiger partial charge on any atom is -0.435 e. The van der Waals surface area contributed by atoms with E-state index in [0.717, 1.165) is 22.5 Å². The van der Waals surface area contributed by atoms with Gasteiger partial charge in [0.05, 0.1) is 0 Å². The third-order valence-corrected chi connectivity index (χ3v) is 2.59. The van der Waals surface area contributed by atoms with Gasteiger partial charge in [0.15, 0.2) is 0 Å². The van der Waals surface area contributed by atoms with Crippen LogP contribution in [-0.2, 0) is 0 Å². The second kappa shape index (κ2) is 5.08. The van der Waals surface area contributed by atoms with Crippen molar-refractivity contribution in [3.8, 4) is 16.9 Å². The SMILES string of the molecule is Cc1ncnc(C)c1-c1ccc(OC(F)[18F])cc1. The number of nitrogens with zero attached hydrogens (tertiary/aromatic N) is 2. The van der Waals surface area contributed by atoms with Gasteiger partial charge in [-0.1, -0.05) is 12.1 Å². The van der Waals surface area contributed by atoms with Gasteiger partial charge >= 0.3 is 6.61 Å². The molecule has 3 nitrogen and oxygen atoms in total. The lowest BCUT2D eigenvalue weighted by Gasteiger charge is -2.09. The molecule has 0 aliphatic heterocycles. The highest BCUT2D eigenvalue weighted by Crippen LogP contribution is 2.26. The Balaban J connectivity index is 2.35. The van der Waals surface area contributed by atoms with Gasteiger partial charge in [0, 0.05) is 17.0 Å². The van der Waals surface area contributed by atoms with E-state index in [9.17, 15) is 8.78 Å². The predicted octanol–water partition coefficient (Wildman–Crippen LogP) is 3.36. The van der Waals surface area contributed by atoms with E-state index in [4.69, 9.17) is 0 Å². The van der Waals surface area contributed by atoms with Crippen LogP contribution in [0.5, 0.6) is 5.75 Å². The molecular formula is C13H12F2N2O. The molecule has 1 aromatic carbocycles. The van der Waals surface area contributed by atoms with Gasteiger partial charge in [0.1, 0.15) is 12.1 Å². The van der Waals surface area contributed by atoms with E-state index in [-0.39, 0.29) is 5.75 Å². The van der Waals surface area contributed by atoms with Crippen LogP contribution in [0.15, 0.2) is 30.6 Å². The Morgan fingerprint density at radius 2 is 1.56 bits per heavy atom. The number of hydrogen-bond donors (Lipinski definition) is 0. The first kappa shape index (κ1) is 12.4. The lowest BCUT2D eigenvalue weighted by Crippen LogP contribution is -2.01. The molecule has 5 heteroatoms. The van der Waals surface area contributed by atoms with Crippen molar-refractivity contribution in [2.24, 2.45) is 0 Å². The van der Waals surface area contributed by atoms with Crippen LogP contribution in [0, 0.1) is 13.8 Å². The molecular weight excluding hydrogens is 237 g/mol. The molecule has 1 heterocycles. The zero-order valence-corrected chi connectivity index (χ0v) is 10.0. The second-order valence-corrected chi connectivity index (χ2v) is 3.82. The Hall–Kier alpha value is -2.04. The van der Waals surface area contributed by atoms with Gasteiger partial charge in [-0.3, -0.25) is 0 Å². The molecule has 0 saturated heterocycles. The molecule has 0 aliphatic carbocycles. The molecule has 18 heavy (non-hydrogen) atoms. The Labute approximate surface area is 103 Å². The number of rotatable bonds is 3. The van der Waals surface area contributed by atoms with Gasteiger partial charge in [-0.25, -0.2) is 9.97 Å². The van der Waals surface area contributed by atoms with Crippen LogP contribution in [0.3, 0.4) is 0 Å². The highest BCUT2D eigenvalue weighted by Gasteiger charge is 2.09. The van der Waals surface area contributed by atoms with Gasteiger partial charge in [0.25, 0.3) is 0 Å². The molecule has 1 atom stereocenters. The summed E-state index contributed by atoms with van der Waals surface area (Å²) in [4.78, 5) is 8.25. The molecule has 0 aliphatic rings. The predicted molar refractivity (Wildman–Crippen MR) is 63.6 cm³/mol. The van der Waals surface area contributed by atoms with Crippen molar-refractivity contribution in [3.63, 3.8) is 0 Å². The first-order chi connectivity index (χ1) is 8.58. The summed E-state index contributed by atoms with van der Waals surface area (Å²) >= 11 is 0. The Kier molecular flexibility index (Phi) is 3.50. The number of hydrogen-bond acceptors (Lipinski definition) is 3. The molecule has 1 aromatic heterocycles. The van der Waals surface area contributed by atoms with Gasteiger partial charge in [0.2, 0.25) is 0 Å². The van der Waals surface area contributed by atoms with Crippen molar-refractivity contribution in [2.75, 3.05) is 0 Å². The Bertz CT molecular complexity index is 521. The van der Waals surface area contributed by atoms with Crippen LogP contribution in [0.1, 0.15) is 11.4 Å². The van der Waals surface area contributed by atoms with Crippen molar-refractivity contribution >= 4 is 0 Å². The summed E-state index contributed by atoms with van der Waals surface area (Å²) in [5.74, 6) is 0.140. The van der Waals surface area contributed by atoms with E-state index in [1.807, 2.05) is 13.8 Å². The van der Waals surface area contributed by atoms with Crippen molar-refractivity contribution < 1.29 is 13.5 Å². The highest BCUT2D eigenvalue weighted by atomic mass is 19.2. The third-order valence-electron chi connectivity index (χ3n) is 2.59. The standard InChI is InChI=1S/C13H12F2N2O/c1-8-12(9(2)17-7-16-8)10-3-5-11(6-4-10)18-13(14)15/h3-7,13H,1-2H3/i14-1. The van der Waals surface area contributed by atoms with Crippen LogP contribution in [0.2, 0.25) is 0 Å². The minimum atomic E-state index is -2.81. The van der Waals surface area contributed by atoms with Crippen LogP contribution in [0.4, 0.5) is 8.78 Å². The highest BCUT2D eigenvalue weighted by molar-refractivity contribution is 5.68. The number of benzene rings is 1. The van der Waals surface area contributed by atoms with Gasteiger partial charge in [-0.05, 0) is 31.5 Å². The van der Waals surface area contributed by atoms with Crippen molar-refractivity contribution in [1.29, 1.82) is 0 Å². The number of aryl methyl sites for hydroxylation is 2. The molecule has 2 aromatic rings. The maximum atomic E-state index is 12.0. The third kappa shape index (κ3) is 2.61. The number of aromatic nitrogens is 2. The average Bonchev–Trinajstić information content (AvgIpc) is 2.30. The van der Waals surface area contributed by atoms with Crippen molar-refractivity contribution in [2.45, 2.75) is 20.5 Å². The molecule has 1 unspecified atom stereocenters. The maximum Gasteiger partial charge on any atom is 0.387 e. The lowest BCUT2D eigenvalue weighted by atomic mass is 10.0. The smallest absolute Gasteiger partial charge is 0.387 e. The molecule has 2 rings (SSSR count). The summed E-state index contributed by atoms with van der Waals surface area (Å²) in [6, 6.07) is 6.45. The summed E-state index contributed by atoms with van der Waals surface area (Å²) in [6.45, 7) is 0.959. The molecule has 94 valence electrons. The van der Waals surface area contributed by atoms with E-state index in [1.165, 1.54) is 18.5 Å². The number of halogens is 2. The lowest BCUT2D eigenvalue weighted by molar-refractivity contribution is -0.0498. The zero-order valence-electron chi connectivity index (χ0n) is 10.0. The van der Waals surface area contributed by atoms with E-state index in [1.54, 1.807) is 12.1 Å². The topological polar surface area (TPSA) is 35.0 Å². The van der Waals surface area contributed by atoms with Crippen LogP contribution in [-0.4, -0.2) is 16.6 Å². The monoisotopic (exact) mass is 249 g/mol. The molecule has 0 radical (unpaired) electrons. The van der Waals surface area contributed by atoms with Crippen LogP contribution in [0.25, 0.3) is 11.1 Å². The normalized spacial score (nSPS) is 12.2. The van der Waals surface area contributed by atoms with E-state index < -0.39 is 6.61 Å². The Morgan fingerprint density at radius 3 is 2.06 bits per heavy atom. The van der Waals surface area contributed by atoms with Gasteiger partial charge in [-0.15, -0.1) is 0 Å². The maximum absolute atomic E-state index is 12.0. The molecule has 0 N–H and O–H groups in total. The first-order valence-corrected chi connectivity index (χ1v) is 5.41. The summed E-state index contributed by atoms with van der Waals surface area (Å²) in [5, 5.41) is 0. The fourth-order valence-electron chi connectivity index (χ4n) is 1.81.